The Balaban J connectivity index is 0. The van der Waals surface area contributed by atoms with Gasteiger partial charge in [-0.05, 0) is 13.1 Å². The first-order valence-electron chi connectivity index (χ1n) is 6.10. The van der Waals surface area contributed by atoms with Gasteiger partial charge in [-0.1, -0.05) is 13.8 Å². The second-order valence-electron chi connectivity index (χ2n) is 3.88. The highest BCUT2D eigenvalue weighted by Gasteiger charge is 2.20. The Labute approximate surface area is 122 Å². The first-order valence-corrected chi connectivity index (χ1v) is 6.10. The smallest absolute Gasteiger partial charge is 0.250 e. The van der Waals surface area contributed by atoms with E-state index in [0.717, 1.165) is 26.2 Å². The highest BCUT2D eigenvalue weighted by atomic mass is 35.5. The average molecular weight is 302 g/mol. The predicted octanol–water partition coefficient (Wildman–Crippen LogP) is 0.276. The van der Waals surface area contributed by atoms with E-state index in [1.54, 1.807) is 0 Å². The molecule has 7 heteroatoms. The van der Waals surface area contributed by atoms with E-state index in [0.29, 0.717) is 19.7 Å². The van der Waals surface area contributed by atoms with E-state index < -0.39 is 0 Å². The summed E-state index contributed by atoms with van der Waals surface area (Å²) >= 11 is 0. The second-order valence-corrected chi connectivity index (χ2v) is 3.88. The Hall–Kier alpha value is -0.0700. The topological polar surface area (TPSA) is 53.6 Å². The number of hydrogen-bond acceptors (Lipinski definition) is 4. The lowest BCUT2D eigenvalue weighted by molar-refractivity contribution is -0.134. The second kappa shape index (κ2) is 12.0. The van der Waals surface area contributed by atoms with Crippen molar-refractivity contribution in [2.75, 3.05) is 45.9 Å². The minimum absolute atomic E-state index is 0. The first-order chi connectivity index (χ1) is 7.77. The summed E-state index contributed by atoms with van der Waals surface area (Å²) in [4.78, 5) is 13.9. The fourth-order valence-electron chi connectivity index (χ4n) is 1.72. The van der Waals surface area contributed by atoms with Crippen molar-refractivity contribution in [3.05, 3.63) is 0 Å². The van der Waals surface area contributed by atoms with E-state index in [1.165, 1.54) is 0 Å². The Morgan fingerprint density at radius 1 is 1.39 bits per heavy atom. The third-order valence-electron chi connectivity index (χ3n) is 2.84. The number of morpholine rings is 1. The summed E-state index contributed by atoms with van der Waals surface area (Å²) in [7, 11) is 0. The number of likely N-dealkylation sites (N-methyl/N-ethyl adjacent to an activating group) is 1. The van der Waals surface area contributed by atoms with Gasteiger partial charge in [0.1, 0.15) is 6.10 Å². The van der Waals surface area contributed by atoms with E-state index in [4.69, 9.17) is 4.74 Å². The average Bonchev–Trinajstić information content (AvgIpc) is 2.35. The van der Waals surface area contributed by atoms with Crippen LogP contribution in [-0.2, 0) is 9.53 Å². The van der Waals surface area contributed by atoms with Crippen molar-refractivity contribution in [1.29, 1.82) is 0 Å². The number of amides is 1. The molecule has 110 valence electrons. The van der Waals surface area contributed by atoms with Gasteiger partial charge in [0, 0.05) is 26.2 Å². The van der Waals surface area contributed by atoms with Gasteiger partial charge in [-0.3, -0.25) is 4.79 Å². The molecule has 1 rings (SSSR count). The molecule has 0 aromatic carbocycles. The number of nitrogens with one attached hydrogen (secondary N) is 2. The highest BCUT2D eigenvalue weighted by Crippen LogP contribution is 1.95. The number of ether oxygens (including phenoxy) is 1. The van der Waals surface area contributed by atoms with Gasteiger partial charge in [0.05, 0.1) is 6.61 Å². The van der Waals surface area contributed by atoms with Crippen molar-refractivity contribution in [2.24, 2.45) is 0 Å². The van der Waals surface area contributed by atoms with Crippen LogP contribution < -0.4 is 10.6 Å². The molecule has 1 unspecified atom stereocenters. The predicted molar refractivity (Wildman–Crippen MR) is 77.9 cm³/mol. The molecule has 1 fully saturated rings. The van der Waals surface area contributed by atoms with Crippen LogP contribution in [0.4, 0.5) is 0 Å². The van der Waals surface area contributed by atoms with Gasteiger partial charge in [-0.25, -0.2) is 0 Å². The number of carbonyl (C=O) groups is 1. The minimum Gasteiger partial charge on any atom is -0.366 e. The summed E-state index contributed by atoms with van der Waals surface area (Å²) in [6.07, 6.45) is -0.314. The summed E-state index contributed by atoms with van der Waals surface area (Å²) in [5, 5.41) is 6.05. The lowest BCUT2D eigenvalue weighted by atomic mass is 10.3. The summed E-state index contributed by atoms with van der Waals surface area (Å²) in [5.74, 6) is -0.000596. The molecule has 1 saturated heterocycles. The Morgan fingerprint density at radius 3 is 2.56 bits per heavy atom. The molecule has 5 nitrogen and oxygen atoms in total. The quantitative estimate of drug-likeness (QED) is 0.740. The first kappa shape index (κ1) is 20.3. The molecular formula is C11H25Cl2N3O2. The molecule has 1 amide bonds. The minimum atomic E-state index is -0.314. The molecule has 2 N–H and O–H groups in total. The van der Waals surface area contributed by atoms with Crippen molar-refractivity contribution in [3.63, 3.8) is 0 Å². The van der Waals surface area contributed by atoms with Crippen LogP contribution in [0, 0.1) is 0 Å². The monoisotopic (exact) mass is 301 g/mol. The fourth-order valence-corrected chi connectivity index (χ4v) is 1.72. The van der Waals surface area contributed by atoms with Crippen LogP contribution in [0.1, 0.15) is 13.8 Å². The number of halogens is 2. The van der Waals surface area contributed by atoms with Crippen LogP contribution in [-0.4, -0.2) is 62.8 Å². The van der Waals surface area contributed by atoms with Crippen molar-refractivity contribution in [2.45, 2.75) is 20.0 Å². The van der Waals surface area contributed by atoms with Gasteiger partial charge in [-0.15, -0.1) is 24.8 Å². The van der Waals surface area contributed by atoms with Crippen LogP contribution in [0.5, 0.6) is 0 Å². The molecule has 0 aromatic heterocycles. The van der Waals surface area contributed by atoms with Gasteiger partial charge < -0.3 is 20.3 Å². The van der Waals surface area contributed by atoms with Crippen molar-refractivity contribution in [1.82, 2.24) is 15.5 Å². The molecule has 0 aromatic rings. The Kier molecular flexibility index (Phi) is 13.5. The fraction of sp³-hybridized carbons (Fsp3) is 0.909. The largest absolute Gasteiger partial charge is 0.366 e. The molecule has 0 spiro atoms. The zero-order valence-corrected chi connectivity index (χ0v) is 12.7. The third-order valence-corrected chi connectivity index (χ3v) is 2.84. The molecule has 1 atom stereocenters. The normalized spacial score (nSPS) is 18.7. The third kappa shape index (κ3) is 7.38. The van der Waals surface area contributed by atoms with Gasteiger partial charge >= 0.3 is 0 Å². The van der Waals surface area contributed by atoms with Crippen LogP contribution in [0.25, 0.3) is 0 Å². The Morgan fingerprint density at radius 2 is 2.06 bits per heavy atom. The van der Waals surface area contributed by atoms with Crippen LogP contribution in [0.15, 0.2) is 0 Å². The van der Waals surface area contributed by atoms with E-state index in [1.807, 2.05) is 0 Å². The molecule has 1 heterocycles. The number of nitrogens with zero attached hydrogens (tertiary/aromatic N) is 1. The summed E-state index contributed by atoms with van der Waals surface area (Å²) in [6, 6.07) is 0. The molecule has 0 aliphatic carbocycles. The van der Waals surface area contributed by atoms with Crippen LogP contribution in [0.3, 0.4) is 0 Å². The molecule has 0 saturated carbocycles. The van der Waals surface area contributed by atoms with Gasteiger partial charge in [0.25, 0.3) is 5.91 Å². The van der Waals surface area contributed by atoms with Crippen LogP contribution in [0.2, 0.25) is 0 Å². The lowest BCUT2D eigenvalue weighted by Gasteiger charge is -2.23. The van der Waals surface area contributed by atoms with E-state index >= 15 is 0 Å². The molecule has 1 aliphatic rings. The van der Waals surface area contributed by atoms with E-state index in [9.17, 15) is 4.79 Å². The van der Waals surface area contributed by atoms with Crippen molar-refractivity contribution < 1.29 is 9.53 Å². The number of carbonyl (C=O) groups excluding carboxylic acids is 1. The van der Waals surface area contributed by atoms with Crippen LogP contribution >= 0.6 is 24.8 Å². The van der Waals surface area contributed by atoms with E-state index in [2.05, 4.69) is 29.4 Å². The summed E-state index contributed by atoms with van der Waals surface area (Å²) in [6.45, 7) is 9.97. The summed E-state index contributed by atoms with van der Waals surface area (Å²) < 4.78 is 5.36. The Bertz CT molecular complexity index is 210. The molecule has 0 radical (unpaired) electrons. The molecule has 18 heavy (non-hydrogen) atoms. The maximum Gasteiger partial charge on any atom is 0.250 e. The lowest BCUT2D eigenvalue weighted by Crippen LogP contribution is -2.49. The zero-order valence-electron chi connectivity index (χ0n) is 11.1. The van der Waals surface area contributed by atoms with Gasteiger partial charge in [0.15, 0.2) is 0 Å². The number of hydrogen-bond donors (Lipinski definition) is 2. The highest BCUT2D eigenvalue weighted by molar-refractivity contribution is 5.85. The molecule has 1 aliphatic heterocycles. The van der Waals surface area contributed by atoms with E-state index in [-0.39, 0.29) is 36.8 Å². The SMILES string of the molecule is CCN(CC)CCNC(=O)C1CNCCO1.Cl.Cl. The zero-order chi connectivity index (χ0) is 11.8. The standard InChI is InChI=1S/C11H23N3O2.2ClH/c1-3-14(4-2)7-5-13-11(15)10-9-12-6-8-16-10;;/h10,12H,3-9H2,1-2H3,(H,13,15);2*1H. The van der Waals surface area contributed by atoms with Gasteiger partial charge in [-0.2, -0.15) is 0 Å². The van der Waals surface area contributed by atoms with Crippen molar-refractivity contribution in [3.8, 4) is 0 Å². The maximum atomic E-state index is 11.7. The van der Waals surface area contributed by atoms with Gasteiger partial charge in [0.2, 0.25) is 0 Å². The van der Waals surface area contributed by atoms with Crippen molar-refractivity contribution >= 4 is 30.7 Å². The molecule has 0 bridgehead atoms. The number of rotatable bonds is 6. The summed E-state index contributed by atoms with van der Waals surface area (Å²) in [5.41, 5.74) is 0. The molecular weight excluding hydrogens is 277 g/mol. The maximum absolute atomic E-state index is 11.7.